The van der Waals surface area contributed by atoms with Crippen molar-refractivity contribution in [1.82, 2.24) is 5.06 Å². The van der Waals surface area contributed by atoms with E-state index in [1.165, 1.54) is 6.92 Å². The zero-order valence-corrected chi connectivity index (χ0v) is 23.1. The summed E-state index contributed by atoms with van der Waals surface area (Å²) in [5.74, 6) is -0.981. The third-order valence-electron chi connectivity index (χ3n) is 7.27. The number of nitrogens with zero attached hydrogens (tertiary/aromatic N) is 1. The van der Waals surface area contributed by atoms with Gasteiger partial charge in [0.1, 0.15) is 24.9 Å². The monoisotopic (exact) mass is 507 g/mol. The summed E-state index contributed by atoms with van der Waals surface area (Å²) in [6.45, 7) is 14.6. The predicted molar refractivity (Wildman–Crippen MR) is 136 cm³/mol. The number of carbonyl (C=O) groups excluding carboxylic acids is 1. The molecule has 4 unspecified atom stereocenters. The highest BCUT2D eigenvalue weighted by Crippen LogP contribution is 2.51. The van der Waals surface area contributed by atoms with Crippen LogP contribution in [0.5, 0.6) is 0 Å². The van der Waals surface area contributed by atoms with Crippen LogP contribution in [-0.4, -0.2) is 73.6 Å². The molecule has 4 atom stereocenters. The van der Waals surface area contributed by atoms with E-state index in [9.17, 15) is 4.79 Å². The highest BCUT2D eigenvalue weighted by Gasteiger charge is 2.60. The average Bonchev–Trinajstić information content (AvgIpc) is 3.59. The molecule has 3 saturated heterocycles. The summed E-state index contributed by atoms with van der Waals surface area (Å²) in [6, 6.07) is 10.3. The molecule has 3 aliphatic heterocycles. The Labute approximate surface area is 216 Å². The molecule has 0 amide bonds. The minimum Gasteiger partial charge on any atom is -0.463 e. The number of benzene rings is 1. The van der Waals surface area contributed by atoms with Gasteiger partial charge < -0.3 is 23.7 Å². The van der Waals surface area contributed by atoms with E-state index in [0.29, 0.717) is 25.6 Å². The molecule has 1 aromatic rings. The Morgan fingerprint density at radius 3 is 2.28 bits per heavy atom. The van der Waals surface area contributed by atoms with Crippen molar-refractivity contribution in [2.45, 2.75) is 102 Å². The standard InChI is InChI=1S/C24H37NO5.C4H8O2/c1-7-23(8-2)17-24(28-15-21(29-24)14-27-19(4)26)16-22(5,6)25(23)30-18(3)20-12-10-9-11-13-20;1-5-2-4-3-6-4/h9-13,18,21H,7-8,14-17H2,1-6H3;4H,2-3H2,1H3. The summed E-state index contributed by atoms with van der Waals surface area (Å²) in [4.78, 5) is 17.8. The SMILES string of the molecule is CCC1(CC)CC2(CC(C)(C)N1OC(C)c1ccccc1)OCC(COC(C)=O)O2.COCC1CO1. The van der Waals surface area contributed by atoms with Crippen LogP contribution in [0, 0.1) is 0 Å². The lowest BCUT2D eigenvalue weighted by atomic mass is 9.73. The second kappa shape index (κ2) is 12.3. The fourth-order valence-electron chi connectivity index (χ4n) is 5.44. The third kappa shape index (κ3) is 7.27. The topological polar surface area (TPSA) is 79.0 Å². The molecular formula is C28H45NO7. The van der Waals surface area contributed by atoms with E-state index in [1.54, 1.807) is 7.11 Å². The van der Waals surface area contributed by atoms with Crippen molar-refractivity contribution in [3.05, 3.63) is 35.9 Å². The molecule has 204 valence electrons. The lowest BCUT2D eigenvalue weighted by Crippen LogP contribution is -2.67. The lowest BCUT2D eigenvalue weighted by Gasteiger charge is -2.59. The average molecular weight is 508 g/mol. The summed E-state index contributed by atoms with van der Waals surface area (Å²) < 4.78 is 27.4. The van der Waals surface area contributed by atoms with Crippen molar-refractivity contribution in [3.63, 3.8) is 0 Å². The highest BCUT2D eigenvalue weighted by molar-refractivity contribution is 5.65. The van der Waals surface area contributed by atoms with Gasteiger partial charge in [-0.25, -0.2) is 0 Å². The van der Waals surface area contributed by atoms with E-state index in [0.717, 1.165) is 31.6 Å². The second-order valence-electron chi connectivity index (χ2n) is 10.7. The van der Waals surface area contributed by atoms with Crippen LogP contribution in [0.15, 0.2) is 30.3 Å². The number of carbonyl (C=O) groups is 1. The van der Waals surface area contributed by atoms with Gasteiger partial charge in [0, 0.05) is 32.4 Å². The smallest absolute Gasteiger partial charge is 0.302 e. The van der Waals surface area contributed by atoms with Gasteiger partial charge in [0.2, 0.25) is 0 Å². The van der Waals surface area contributed by atoms with E-state index in [2.05, 4.69) is 51.8 Å². The Morgan fingerprint density at radius 2 is 1.75 bits per heavy atom. The molecule has 4 rings (SSSR count). The number of epoxide rings is 1. The van der Waals surface area contributed by atoms with Crippen molar-refractivity contribution in [3.8, 4) is 0 Å². The van der Waals surface area contributed by atoms with E-state index in [1.807, 2.05) is 18.2 Å². The molecule has 0 aromatic heterocycles. The molecule has 0 N–H and O–H groups in total. The quantitative estimate of drug-likeness (QED) is 0.348. The molecule has 36 heavy (non-hydrogen) atoms. The van der Waals surface area contributed by atoms with Gasteiger partial charge >= 0.3 is 5.97 Å². The Morgan fingerprint density at radius 1 is 1.08 bits per heavy atom. The molecule has 0 radical (unpaired) electrons. The van der Waals surface area contributed by atoms with Gasteiger partial charge in [0.05, 0.1) is 25.4 Å². The van der Waals surface area contributed by atoms with Gasteiger partial charge in [-0.15, -0.1) is 0 Å². The van der Waals surface area contributed by atoms with Crippen LogP contribution < -0.4 is 0 Å². The number of piperidine rings is 1. The molecule has 0 aliphatic carbocycles. The maximum absolute atomic E-state index is 11.2. The van der Waals surface area contributed by atoms with Crippen molar-refractivity contribution in [2.75, 3.05) is 33.5 Å². The fourth-order valence-corrected chi connectivity index (χ4v) is 5.44. The summed E-state index contributed by atoms with van der Waals surface area (Å²) in [6.07, 6.45) is 3.37. The minimum absolute atomic E-state index is 0.0564. The van der Waals surface area contributed by atoms with Gasteiger partial charge in [-0.3, -0.25) is 9.63 Å². The molecule has 1 spiro atoms. The molecular weight excluding hydrogens is 462 g/mol. The summed E-state index contributed by atoms with van der Waals surface area (Å²) >= 11 is 0. The van der Waals surface area contributed by atoms with E-state index in [4.69, 9.17) is 28.5 Å². The van der Waals surface area contributed by atoms with Gasteiger partial charge in [0.15, 0.2) is 5.79 Å². The highest BCUT2D eigenvalue weighted by atomic mass is 16.8. The van der Waals surface area contributed by atoms with Crippen LogP contribution >= 0.6 is 0 Å². The predicted octanol–water partition coefficient (Wildman–Crippen LogP) is 4.82. The maximum Gasteiger partial charge on any atom is 0.302 e. The van der Waals surface area contributed by atoms with Crippen LogP contribution in [0.2, 0.25) is 0 Å². The largest absolute Gasteiger partial charge is 0.463 e. The number of hydroxylamine groups is 2. The number of methoxy groups -OCH3 is 1. The Bertz CT molecular complexity index is 824. The first kappa shape index (κ1) is 29.0. The number of esters is 1. The molecule has 1 aromatic carbocycles. The Hall–Kier alpha value is -1.55. The second-order valence-corrected chi connectivity index (χ2v) is 10.7. The summed E-state index contributed by atoms with van der Waals surface area (Å²) in [7, 11) is 1.68. The molecule has 3 heterocycles. The van der Waals surface area contributed by atoms with E-state index < -0.39 is 5.79 Å². The summed E-state index contributed by atoms with van der Waals surface area (Å²) in [5, 5.41) is 2.22. The van der Waals surface area contributed by atoms with Crippen LogP contribution in [0.3, 0.4) is 0 Å². The number of hydrogen-bond acceptors (Lipinski definition) is 8. The van der Waals surface area contributed by atoms with Gasteiger partial charge in [0.25, 0.3) is 0 Å². The first-order chi connectivity index (χ1) is 17.1. The Kier molecular flexibility index (Phi) is 9.94. The maximum atomic E-state index is 11.2. The molecule has 8 nitrogen and oxygen atoms in total. The number of ether oxygens (including phenoxy) is 5. The fraction of sp³-hybridized carbons (Fsp3) is 0.750. The number of hydrogen-bond donors (Lipinski definition) is 0. The first-order valence-corrected chi connectivity index (χ1v) is 13.2. The normalized spacial score (nSPS) is 29.3. The first-order valence-electron chi connectivity index (χ1n) is 13.2. The zero-order chi connectivity index (χ0) is 26.4. The van der Waals surface area contributed by atoms with Crippen LogP contribution in [0.25, 0.3) is 0 Å². The Balaban J connectivity index is 0.000000526. The lowest BCUT2D eigenvalue weighted by molar-refractivity contribution is -0.360. The van der Waals surface area contributed by atoms with Crippen molar-refractivity contribution in [2.24, 2.45) is 0 Å². The van der Waals surface area contributed by atoms with Crippen LogP contribution in [-0.2, 0) is 33.3 Å². The van der Waals surface area contributed by atoms with E-state index >= 15 is 0 Å². The molecule has 8 heteroatoms. The zero-order valence-electron chi connectivity index (χ0n) is 23.1. The van der Waals surface area contributed by atoms with Crippen molar-refractivity contribution in [1.29, 1.82) is 0 Å². The molecule has 3 fully saturated rings. The van der Waals surface area contributed by atoms with Crippen LogP contribution in [0.1, 0.15) is 78.9 Å². The molecule has 0 saturated carbocycles. The van der Waals surface area contributed by atoms with Gasteiger partial charge in [-0.2, -0.15) is 5.06 Å². The molecule has 3 aliphatic rings. The minimum atomic E-state index is -0.684. The number of rotatable bonds is 9. The van der Waals surface area contributed by atoms with Gasteiger partial charge in [-0.1, -0.05) is 44.2 Å². The van der Waals surface area contributed by atoms with Crippen molar-refractivity contribution >= 4 is 5.97 Å². The third-order valence-corrected chi connectivity index (χ3v) is 7.27. The van der Waals surface area contributed by atoms with E-state index in [-0.39, 0.29) is 35.9 Å². The molecule has 0 bridgehead atoms. The summed E-state index contributed by atoms with van der Waals surface area (Å²) in [5.41, 5.74) is 0.634. The van der Waals surface area contributed by atoms with Crippen molar-refractivity contribution < 1.29 is 33.3 Å². The van der Waals surface area contributed by atoms with Crippen LogP contribution in [0.4, 0.5) is 0 Å². The van der Waals surface area contributed by atoms with Gasteiger partial charge in [-0.05, 0) is 39.2 Å².